The molecule has 2 heterocycles. The maximum Gasteiger partial charge on any atom is 0.494 e. The van der Waals surface area contributed by atoms with E-state index in [1.165, 1.54) is 37.1 Å². The van der Waals surface area contributed by atoms with Gasteiger partial charge in [0, 0.05) is 0 Å². The molecule has 4 heteroatoms. The molecule has 0 radical (unpaired) electrons. The Morgan fingerprint density at radius 3 is 2.21 bits per heavy atom. The van der Waals surface area contributed by atoms with Crippen molar-refractivity contribution in [1.29, 1.82) is 0 Å². The molecule has 0 atom stereocenters. The molecule has 1 aromatic rings. The molecule has 1 aromatic carbocycles. The summed E-state index contributed by atoms with van der Waals surface area (Å²) in [5, 5.41) is 0. The topological polar surface area (TPSA) is 21.7 Å². The predicted octanol–water partition coefficient (Wildman–Crippen LogP) is 3.36. The fourth-order valence-corrected chi connectivity index (χ4v) is 3.78. The molecular weight excluding hydrogens is 297 g/mol. The molecule has 3 nitrogen and oxygen atoms in total. The fraction of sp³-hybridized carbons (Fsp3) is 0.700. The number of benzene rings is 1. The van der Waals surface area contributed by atoms with Crippen LogP contribution < -0.4 is 5.46 Å². The van der Waals surface area contributed by atoms with Gasteiger partial charge in [-0.3, -0.25) is 0 Å². The third-order valence-electron chi connectivity index (χ3n) is 6.23. The second-order valence-electron chi connectivity index (χ2n) is 8.48. The van der Waals surface area contributed by atoms with Crippen LogP contribution in [0.25, 0.3) is 0 Å². The quantitative estimate of drug-likeness (QED) is 0.794. The van der Waals surface area contributed by atoms with Gasteiger partial charge in [-0.2, -0.15) is 0 Å². The van der Waals surface area contributed by atoms with E-state index in [1.807, 2.05) is 0 Å². The molecule has 0 amide bonds. The molecule has 2 fully saturated rings. The van der Waals surface area contributed by atoms with Gasteiger partial charge in [0.25, 0.3) is 0 Å². The maximum atomic E-state index is 6.22. The van der Waals surface area contributed by atoms with Crippen LogP contribution in [0.5, 0.6) is 0 Å². The lowest BCUT2D eigenvalue weighted by Crippen LogP contribution is -2.41. The molecule has 2 aliphatic rings. The van der Waals surface area contributed by atoms with E-state index >= 15 is 0 Å². The highest BCUT2D eigenvalue weighted by molar-refractivity contribution is 6.62. The van der Waals surface area contributed by atoms with Crippen molar-refractivity contribution in [3.05, 3.63) is 29.3 Å². The van der Waals surface area contributed by atoms with Crippen LogP contribution >= 0.6 is 0 Å². The average Bonchev–Trinajstić information content (AvgIpc) is 2.76. The summed E-state index contributed by atoms with van der Waals surface area (Å²) >= 11 is 0. The van der Waals surface area contributed by atoms with E-state index in [4.69, 9.17) is 9.31 Å². The van der Waals surface area contributed by atoms with Gasteiger partial charge in [0.1, 0.15) is 0 Å². The first kappa shape index (κ1) is 18.0. The molecule has 24 heavy (non-hydrogen) atoms. The largest absolute Gasteiger partial charge is 0.494 e. The van der Waals surface area contributed by atoms with E-state index in [-0.39, 0.29) is 18.3 Å². The monoisotopic (exact) mass is 329 g/mol. The summed E-state index contributed by atoms with van der Waals surface area (Å²) in [5.41, 5.74) is 3.58. The van der Waals surface area contributed by atoms with Crippen LogP contribution in [-0.2, 0) is 15.7 Å². The molecule has 0 spiro atoms. The first-order valence-corrected chi connectivity index (χ1v) is 9.40. The highest BCUT2D eigenvalue weighted by atomic mass is 16.7. The van der Waals surface area contributed by atoms with Crippen LogP contribution in [0.1, 0.15) is 64.5 Å². The summed E-state index contributed by atoms with van der Waals surface area (Å²) in [6.45, 7) is 13.1. The van der Waals surface area contributed by atoms with Crippen molar-refractivity contribution >= 4 is 12.6 Å². The Bertz CT molecular complexity index is 575. The summed E-state index contributed by atoms with van der Waals surface area (Å²) < 4.78 is 12.4. The standard InChI is InChI=1S/C20H32BNO2/c1-7-15-14-17(21-23-19(2,3)20(4,5)24-21)8-9-18(15)16-10-12-22(6)13-11-16/h8-9,14,16H,7,10-13H2,1-6H3. The SMILES string of the molecule is CCc1cc(B2OC(C)(C)C(C)(C)O2)ccc1C1CCN(C)CC1. The molecule has 0 bridgehead atoms. The minimum absolute atomic E-state index is 0.258. The lowest BCUT2D eigenvalue weighted by Gasteiger charge is -2.32. The third kappa shape index (κ3) is 3.29. The van der Waals surface area contributed by atoms with Crippen LogP contribution in [0.3, 0.4) is 0 Å². The smallest absolute Gasteiger partial charge is 0.399 e. The highest BCUT2D eigenvalue weighted by Crippen LogP contribution is 2.37. The van der Waals surface area contributed by atoms with Gasteiger partial charge in [-0.25, -0.2) is 0 Å². The van der Waals surface area contributed by atoms with Crippen LogP contribution in [0.2, 0.25) is 0 Å². The lowest BCUT2D eigenvalue weighted by atomic mass is 9.75. The Balaban J connectivity index is 1.82. The number of aryl methyl sites for hydroxylation is 1. The summed E-state index contributed by atoms with van der Waals surface area (Å²) in [4.78, 5) is 2.43. The van der Waals surface area contributed by atoms with Gasteiger partial charge in [-0.1, -0.05) is 25.1 Å². The van der Waals surface area contributed by atoms with Gasteiger partial charge in [0.05, 0.1) is 11.2 Å². The number of rotatable bonds is 3. The van der Waals surface area contributed by atoms with Crippen molar-refractivity contribution in [3.8, 4) is 0 Å². The van der Waals surface area contributed by atoms with Gasteiger partial charge in [-0.15, -0.1) is 0 Å². The number of nitrogens with zero attached hydrogens (tertiary/aromatic N) is 1. The van der Waals surface area contributed by atoms with E-state index in [0.717, 1.165) is 11.9 Å². The first-order chi connectivity index (χ1) is 11.2. The molecule has 3 rings (SSSR count). The normalized spacial score (nSPS) is 24.5. The van der Waals surface area contributed by atoms with Crippen molar-refractivity contribution in [3.63, 3.8) is 0 Å². The van der Waals surface area contributed by atoms with Crippen molar-refractivity contribution in [2.75, 3.05) is 20.1 Å². The molecule has 2 saturated heterocycles. The van der Waals surface area contributed by atoms with Crippen molar-refractivity contribution in [2.24, 2.45) is 0 Å². The van der Waals surface area contributed by atoms with E-state index in [2.05, 4.69) is 64.8 Å². The lowest BCUT2D eigenvalue weighted by molar-refractivity contribution is 0.00578. The molecule has 0 aromatic heterocycles. The summed E-state index contributed by atoms with van der Waals surface area (Å²) in [6, 6.07) is 6.86. The molecule has 2 aliphatic heterocycles. The van der Waals surface area contributed by atoms with E-state index in [9.17, 15) is 0 Å². The minimum atomic E-state index is -0.281. The number of piperidine rings is 1. The van der Waals surface area contributed by atoms with Gasteiger partial charge in [-0.05, 0) is 89.6 Å². The van der Waals surface area contributed by atoms with Crippen LogP contribution in [0, 0.1) is 0 Å². The van der Waals surface area contributed by atoms with Crippen molar-refractivity contribution in [2.45, 2.75) is 71.0 Å². The number of hydrogen-bond donors (Lipinski definition) is 0. The van der Waals surface area contributed by atoms with Crippen LogP contribution in [-0.4, -0.2) is 43.4 Å². The molecule has 0 unspecified atom stereocenters. The average molecular weight is 329 g/mol. The molecule has 0 saturated carbocycles. The summed E-state index contributed by atoms with van der Waals surface area (Å²) in [5.74, 6) is 0.698. The van der Waals surface area contributed by atoms with E-state index < -0.39 is 0 Å². The highest BCUT2D eigenvalue weighted by Gasteiger charge is 2.51. The molecule has 0 N–H and O–H groups in total. The molecule has 132 valence electrons. The third-order valence-corrected chi connectivity index (χ3v) is 6.23. The molecular formula is C20H32BNO2. The zero-order valence-electron chi connectivity index (χ0n) is 16.2. The van der Waals surface area contributed by atoms with E-state index in [1.54, 1.807) is 0 Å². The first-order valence-electron chi connectivity index (χ1n) is 9.40. The second kappa shape index (κ2) is 6.47. The van der Waals surface area contributed by atoms with Gasteiger partial charge >= 0.3 is 7.12 Å². The predicted molar refractivity (Wildman–Crippen MR) is 101 cm³/mol. The Morgan fingerprint density at radius 1 is 1.08 bits per heavy atom. The van der Waals surface area contributed by atoms with Gasteiger partial charge < -0.3 is 14.2 Å². The van der Waals surface area contributed by atoms with Gasteiger partial charge in [0.2, 0.25) is 0 Å². The Morgan fingerprint density at radius 2 is 1.67 bits per heavy atom. The van der Waals surface area contributed by atoms with Crippen molar-refractivity contribution in [1.82, 2.24) is 4.90 Å². The zero-order valence-corrected chi connectivity index (χ0v) is 16.2. The zero-order chi connectivity index (χ0) is 17.5. The molecule has 0 aliphatic carbocycles. The summed E-state index contributed by atoms with van der Waals surface area (Å²) in [7, 11) is 1.96. The second-order valence-corrected chi connectivity index (χ2v) is 8.48. The summed E-state index contributed by atoms with van der Waals surface area (Å²) in [6.07, 6.45) is 3.59. The van der Waals surface area contributed by atoms with Crippen LogP contribution in [0.15, 0.2) is 18.2 Å². The van der Waals surface area contributed by atoms with E-state index in [0.29, 0.717) is 5.92 Å². The fourth-order valence-electron chi connectivity index (χ4n) is 3.78. The Labute approximate surface area is 147 Å². The van der Waals surface area contributed by atoms with Crippen LogP contribution in [0.4, 0.5) is 0 Å². The van der Waals surface area contributed by atoms with Crippen molar-refractivity contribution < 1.29 is 9.31 Å². The number of likely N-dealkylation sites (tertiary alicyclic amines) is 1. The maximum absolute atomic E-state index is 6.22. The Hall–Kier alpha value is -0.835. The minimum Gasteiger partial charge on any atom is -0.399 e. The Kier molecular flexibility index (Phi) is 4.85. The number of hydrogen-bond acceptors (Lipinski definition) is 3. The van der Waals surface area contributed by atoms with Gasteiger partial charge in [0.15, 0.2) is 0 Å².